The maximum atomic E-state index is 12.5. The minimum absolute atomic E-state index is 0.345. The summed E-state index contributed by atoms with van der Waals surface area (Å²) in [7, 11) is 5.57. The number of methoxy groups -OCH3 is 1. The number of likely N-dealkylation sites (N-methyl/N-ethyl adjacent to an activating group) is 1. The number of benzene rings is 2. The summed E-state index contributed by atoms with van der Waals surface area (Å²) in [5, 5.41) is 8.63. The number of hydrogen-bond donors (Lipinski definition) is 3. The molecule has 0 radical (unpaired) electrons. The van der Waals surface area contributed by atoms with Crippen LogP contribution in [0.25, 0.3) is 0 Å². The van der Waals surface area contributed by atoms with Gasteiger partial charge in [-0.05, 0) is 37.4 Å². The molecule has 184 valence electrons. The SMILES string of the molecule is CNc1cc(Oc2ccc(NC(=O)Nc3ccc(CN4CCN(C)CC4)c(OC)c3)cc2)ncn1. The first-order valence-corrected chi connectivity index (χ1v) is 11.5. The zero-order valence-corrected chi connectivity index (χ0v) is 20.2. The Morgan fingerprint density at radius 2 is 1.69 bits per heavy atom. The van der Waals surface area contributed by atoms with Crippen molar-refractivity contribution in [2.45, 2.75) is 6.54 Å². The van der Waals surface area contributed by atoms with Gasteiger partial charge in [-0.15, -0.1) is 0 Å². The minimum atomic E-state index is -0.345. The van der Waals surface area contributed by atoms with E-state index in [9.17, 15) is 4.79 Å². The Labute approximate surface area is 205 Å². The van der Waals surface area contributed by atoms with Gasteiger partial charge in [0.05, 0.1) is 7.11 Å². The molecule has 35 heavy (non-hydrogen) atoms. The molecule has 3 N–H and O–H groups in total. The third-order valence-corrected chi connectivity index (χ3v) is 5.77. The number of nitrogens with one attached hydrogen (secondary N) is 3. The van der Waals surface area contributed by atoms with Crippen LogP contribution in [0.3, 0.4) is 0 Å². The van der Waals surface area contributed by atoms with Crippen LogP contribution in [0, 0.1) is 0 Å². The molecule has 2 amide bonds. The second-order valence-electron chi connectivity index (χ2n) is 8.30. The molecule has 2 aromatic carbocycles. The number of rotatable bonds is 8. The highest BCUT2D eigenvalue weighted by atomic mass is 16.5. The fourth-order valence-electron chi connectivity index (χ4n) is 3.75. The Balaban J connectivity index is 1.32. The van der Waals surface area contributed by atoms with Gasteiger partial charge in [-0.3, -0.25) is 4.90 Å². The molecule has 2 heterocycles. The van der Waals surface area contributed by atoms with Crippen molar-refractivity contribution in [3.05, 3.63) is 60.4 Å². The number of piperazine rings is 1. The number of amides is 2. The fourth-order valence-corrected chi connectivity index (χ4v) is 3.75. The quantitative estimate of drug-likeness (QED) is 0.451. The lowest BCUT2D eigenvalue weighted by atomic mass is 10.1. The second-order valence-corrected chi connectivity index (χ2v) is 8.30. The molecule has 1 saturated heterocycles. The molecule has 0 spiro atoms. The van der Waals surface area contributed by atoms with E-state index in [2.05, 4.69) is 42.8 Å². The highest BCUT2D eigenvalue weighted by Crippen LogP contribution is 2.26. The molecule has 1 fully saturated rings. The standard InChI is InChI=1S/C25H31N7O3/c1-26-23-15-24(28-17-27-23)35-21-8-6-19(7-9-21)29-25(33)30-20-5-4-18(22(14-20)34-3)16-32-12-10-31(2)11-13-32/h4-9,14-15,17H,10-13,16H2,1-3H3,(H,26,27,28)(H2,29,30,33). The Bertz CT molecular complexity index is 1130. The Hall–Kier alpha value is -3.89. The van der Waals surface area contributed by atoms with Gasteiger partial charge < -0.3 is 30.3 Å². The fraction of sp³-hybridized carbons (Fsp3) is 0.320. The van der Waals surface area contributed by atoms with E-state index >= 15 is 0 Å². The van der Waals surface area contributed by atoms with E-state index in [1.165, 1.54) is 6.33 Å². The first kappa shape index (κ1) is 24.2. The van der Waals surface area contributed by atoms with Gasteiger partial charge in [0.1, 0.15) is 23.6 Å². The first-order chi connectivity index (χ1) is 17.0. The van der Waals surface area contributed by atoms with E-state index in [1.807, 2.05) is 18.2 Å². The van der Waals surface area contributed by atoms with Crippen LogP contribution in [0.15, 0.2) is 54.9 Å². The summed E-state index contributed by atoms with van der Waals surface area (Å²) in [5.41, 5.74) is 2.39. The highest BCUT2D eigenvalue weighted by Gasteiger charge is 2.16. The lowest BCUT2D eigenvalue weighted by Crippen LogP contribution is -2.43. The predicted molar refractivity (Wildman–Crippen MR) is 137 cm³/mol. The zero-order chi connectivity index (χ0) is 24.6. The van der Waals surface area contributed by atoms with Crippen molar-refractivity contribution in [2.75, 3.05) is 63.3 Å². The van der Waals surface area contributed by atoms with Crippen LogP contribution in [0.4, 0.5) is 22.0 Å². The van der Waals surface area contributed by atoms with Crippen molar-refractivity contribution < 1.29 is 14.3 Å². The van der Waals surface area contributed by atoms with Crippen molar-refractivity contribution in [2.24, 2.45) is 0 Å². The lowest BCUT2D eigenvalue weighted by molar-refractivity contribution is 0.147. The summed E-state index contributed by atoms with van der Waals surface area (Å²) >= 11 is 0. The van der Waals surface area contributed by atoms with Crippen molar-refractivity contribution in [1.29, 1.82) is 0 Å². The molecule has 1 aliphatic rings. The average Bonchev–Trinajstić information content (AvgIpc) is 2.87. The van der Waals surface area contributed by atoms with Gasteiger partial charge in [0.2, 0.25) is 5.88 Å². The Morgan fingerprint density at radius 3 is 2.40 bits per heavy atom. The number of carbonyl (C=O) groups is 1. The summed E-state index contributed by atoms with van der Waals surface area (Å²) in [6.07, 6.45) is 1.43. The molecule has 0 unspecified atom stereocenters. The number of aromatic nitrogens is 2. The number of ether oxygens (including phenoxy) is 2. The summed E-state index contributed by atoms with van der Waals surface area (Å²) in [6.45, 7) is 5.01. The van der Waals surface area contributed by atoms with Gasteiger partial charge in [0.25, 0.3) is 0 Å². The third-order valence-electron chi connectivity index (χ3n) is 5.77. The molecular weight excluding hydrogens is 446 g/mol. The predicted octanol–water partition coefficient (Wildman–Crippen LogP) is 3.71. The normalized spacial score (nSPS) is 14.3. The second kappa shape index (κ2) is 11.5. The summed E-state index contributed by atoms with van der Waals surface area (Å²) in [4.78, 5) is 25.4. The van der Waals surface area contributed by atoms with Crippen molar-refractivity contribution in [3.63, 3.8) is 0 Å². The monoisotopic (exact) mass is 477 g/mol. The summed E-state index contributed by atoms with van der Waals surface area (Å²) < 4.78 is 11.3. The summed E-state index contributed by atoms with van der Waals surface area (Å²) in [6, 6.07) is 14.1. The van der Waals surface area contributed by atoms with Crippen LogP contribution in [0.2, 0.25) is 0 Å². The largest absolute Gasteiger partial charge is 0.496 e. The minimum Gasteiger partial charge on any atom is -0.496 e. The van der Waals surface area contributed by atoms with Crippen LogP contribution < -0.4 is 25.4 Å². The van der Waals surface area contributed by atoms with Crippen molar-refractivity contribution >= 4 is 23.2 Å². The van der Waals surface area contributed by atoms with E-state index in [0.29, 0.717) is 28.8 Å². The molecular formula is C25H31N7O3. The van der Waals surface area contributed by atoms with E-state index in [1.54, 1.807) is 44.5 Å². The van der Waals surface area contributed by atoms with E-state index in [4.69, 9.17) is 9.47 Å². The van der Waals surface area contributed by atoms with Crippen LogP contribution in [-0.4, -0.2) is 73.2 Å². The van der Waals surface area contributed by atoms with Gasteiger partial charge in [0.15, 0.2) is 0 Å². The number of carbonyl (C=O) groups excluding carboxylic acids is 1. The van der Waals surface area contributed by atoms with Crippen LogP contribution >= 0.6 is 0 Å². The number of nitrogens with zero attached hydrogens (tertiary/aromatic N) is 4. The molecule has 0 atom stereocenters. The molecule has 3 aromatic rings. The highest BCUT2D eigenvalue weighted by molar-refractivity contribution is 5.99. The van der Waals surface area contributed by atoms with Gasteiger partial charge in [0, 0.05) is 68.8 Å². The average molecular weight is 478 g/mol. The van der Waals surface area contributed by atoms with Gasteiger partial charge in [-0.1, -0.05) is 6.07 Å². The van der Waals surface area contributed by atoms with E-state index in [0.717, 1.165) is 44.0 Å². The molecule has 1 aliphatic heterocycles. The molecule has 0 saturated carbocycles. The van der Waals surface area contributed by atoms with Gasteiger partial charge in [-0.2, -0.15) is 0 Å². The molecule has 1 aromatic heterocycles. The number of anilines is 3. The Morgan fingerprint density at radius 1 is 0.971 bits per heavy atom. The van der Waals surface area contributed by atoms with Gasteiger partial charge >= 0.3 is 6.03 Å². The smallest absolute Gasteiger partial charge is 0.323 e. The van der Waals surface area contributed by atoms with E-state index in [-0.39, 0.29) is 6.03 Å². The molecule has 0 bridgehead atoms. The van der Waals surface area contributed by atoms with Crippen LogP contribution in [-0.2, 0) is 6.54 Å². The molecule has 10 nitrogen and oxygen atoms in total. The maximum Gasteiger partial charge on any atom is 0.323 e. The van der Waals surface area contributed by atoms with Crippen molar-refractivity contribution in [1.82, 2.24) is 19.8 Å². The number of hydrogen-bond acceptors (Lipinski definition) is 8. The molecule has 4 rings (SSSR count). The van der Waals surface area contributed by atoms with Crippen LogP contribution in [0.1, 0.15) is 5.56 Å². The Kier molecular flexibility index (Phi) is 7.96. The summed E-state index contributed by atoms with van der Waals surface area (Å²) in [5.74, 6) is 2.44. The van der Waals surface area contributed by atoms with E-state index < -0.39 is 0 Å². The zero-order valence-electron chi connectivity index (χ0n) is 20.2. The maximum absolute atomic E-state index is 12.5. The number of urea groups is 1. The van der Waals surface area contributed by atoms with Crippen molar-refractivity contribution in [3.8, 4) is 17.4 Å². The van der Waals surface area contributed by atoms with Crippen LogP contribution in [0.5, 0.6) is 17.4 Å². The topological polar surface area (TPSA) is 104 Å². The van der Waals surface area contributed by atoms with Gasteiger partial charge in [-0.25, -0.2) is 14.8 Å². The lowest BCUT2D eigenvalue weighted by Gasteiger charge is -2.32. The molecule has 0 aliphatic carbocycles. The first-order valence-electron chi connectivity index (χ1n) is 11.5. The molecule has 10 heteroatoms. The third kappa shape index (κ3) is 6.81.